The summed E-state index contributed by atoms with van der Waals surface area (Å²) in [5, 5.41) is 8.96. The number of aromatic nitrogens is 2. The van der Waals surface area contributed by atoms with Crippen LogP contribution in [0.25, 0.3) is 10.6 Å². The Bertz CT molecular complexity index is 468. The molecular formula is C9H6Br2N2S. The molecule has 0 atom stereocenters. The summed E-state index contributed by atoms with van der Waals surface area (Å²) in [7, 11) is 0. The molecule has 1 aromatic carbocycles. The molecule has 0 radical (unpaired) electrons. The number of aryl methyl sites for hydroxylation is 1. The molecule has 0 aliphatic heterocycles. The zero-order valence-corrected chi connectivity index (χ0v) is 11.3. The van der Waals surface area contributed by atoms with Crippen LogP contribution >= 0.6 is 43.2 Å². The number of nitrogens with zero attached hydrogens (tertiary/aromatic N) is 2. The van der Waals surface area contributed by atoms with Crippen molar-refractivity contribution in [2.75, 3.05) is 0 Å². The van der Waals surface area contributed by atoms with Crippen molar-refractivity contribution in [1.29, 1.82) is 0 Å². The minimum atomic E-state index is 0.812. The van der Waals surface area contributed by atoms with Gasteiger partial charge in [-0.2, -0.15) is 0 Å². The molecule has 2 nitrogen and oxygen atoms in total. The Morgan fingerprint density at radius 1 is 1.21 bits per heavy atom. The monoisotopic (exact) mass is 332 g/mol. The fourth-order valence-electron chi connectivity index (χ4n) is 1.14. The van der Waals surface area contributed by atoms with Crippen LogP contribution < -0.4 is 0 Å². The predicted octanol–water partition coefficient (Wildman–Crippen LogP) is 4.04. The van der Waals surface area contributed by atoms with Gasteiger partial charge in [-0.3, -0.25) is 0 Å². The normalized spacial score (nSPS) is 10.5. The molecule has 0 aliphatic rings. The Labute approximate surface area is 103 Å². The molecule has 0 N–H and O–H groups in total. The van der Waals surface area contributed by atoms with Crippen LogP contribution in [0.2, 0.25) is 0 Å². The molecule has 0 saturated carbocycles. The lowest BCUT2D eigenvalue weighted by Crippen LogP contribution is -1.82. The molecule has 0 fully saturated rings. The molecule has 0 amide bonds. The topological polar surface area (TPSA) is 25.8 Å². The SMILES string of the molecule is Cc1ccc(Br)cc1-c1nnc(Br)s1. The van der Waals surface area contributed by atoms with Crippen LogP contribution in [0, 0.1) is 6.92 Å². The van der Waals surface area contributed by atoms with Crippen LogP contribution in [0.4, 0.5) is 0 Å². The van der Waals surface area contributed by atoms with Gasteiger partial charge in [-0.1, -0.05) is 33.3 Å². The smallest absolute Gasteiger partial charge is 0.137 e. The summed E-state index contributed by atoms with van der Waals surface area (Å²) >= 11 is 8.29. The first-order chi connectivity index (χ1) is 6.66. The van der Waals surface area contributed by atoms with Crippen molar-refractivity contribution < 1.29 is 0 Å². The Balaban J connectivity index is 2.55. The molecule has 1 heterocycles. The van der Waals surface area contributed by atoms with Gasteiger partial charge in [0, 0.05) is 10.0 Å². The molecular weight excluding hydrogens is 328 g/mol. The van der Waals surface area contributed by atoms with E-state index in [0.29, 0.717) is 0 Å². The molecule has 2 aromatic rings. The lowest BCUT2D eigenvalue weighted by Gasteiger charge is -2.01. The van der Waals surface area contributed by atoms with Gasteiger partial charge < -0.3 is 0 Å². The molecule has 5 heteroatoms. The van der Waals surface area contributed by atoms with Crippen molar-refractivity contribution in [2.24, 2.45) is 0 Å². The summed E-state index contributed by atoms with van der Waals surface area (Å²) in [6, 6.07) is 6.14. The zero-order valence-electron chi connectivity index (χ0n) is 7.29. The van der Waals surface area contributed by atoms with Gasteiger partial charge in [0.1, 0.15) is 5.01 Å². The van der Waals surface area contributed by atoms with E-state index in [-0.39, 0.29) is 0 Å². The summed E-state index contributed by atoms with van der Waals surface area (Å²) in [5.41, 5.74) is 2.33. The molecule has 72 valence electrons. The number of hydrogen-bond donors (Lipinski definition) is 0. The van der Waals surface area contributed by atoms with Crippen molar-refractivity contribution in [3.8, 4) is 10.6 Å². The van der Waals surface area contributed by atoms with Crippen molar-refractivity contribution in [1.82, 2.24) is 10.2 Å². The van der Waals surface area contributed by atoms with E-state index in [0.717, 1.165) is 19.0 Å². The Morgan fingerprint density at radius 3 is 2.64 bits per heavy atom. The Morgan fingerprint density at radius 2 is 2.00 bits per heavy atom. The zero-order chi connectivity index (χ0) is 10.1. The highest BCUT2D eigenvalue weighted by atomic mass is 79.9. The molecule has 0 saturated heterocycles. The van der Waals surface area contributed by atoms with Gasteiger partial charge in [-0.25, -0.2) is 0 Å². The van der Waals surface area contributed by atoms with E-state index < -0.39 is 0 Å². The fraction of sp³-hybridized carbons (Fsp3) is 0.111. The van der Waals surface area contributed by atoms with E-state index in [2.05, 4.69) is 61.1 Å². The Hall–Kier alpha value is -0.260. The minimum absolute atomic E-state index is 0.812. The average Bonchev–Trinajstić information content (AvgIpc) is 2.56. The maximum atomic E-state index is 4.09. The molecule has 0 unspecified atom stereocenters. The molecule has 1 aromatic heterocycles. The number of rotatable bonds is 1. The standard InChI is InChI=1S/C9H6Br2N2S/c1-5-2-3-6(10)4-7(5)8-12-13-9(11)14-8/h2-4H,1H3. The molecule has 0 spiro atoms. The summed E-state index contributed by atoms with van der Waals surface area (Å²) in [4.78, 5) is 0. The van der Waals surface area contributed by atoms with E-state index >= 15 is 0 Å². The molecule has 14 heavy (non-hydrogen) atoms. The van der Waals surface area contributed by atoms with Gasteiger partial charge in [-0.15, -0.1) is 10.2 Å². The highest BCUT2D eigenvalue weighted by Crippen LogP contribution is 2.30. The molecule has 0 bridgehead atoms. The average molecular weight is 334 g/mol. The summed E-state index contributed by atoms with van der Waals surface area (Å²) in [6.45, 7) is 2.07. The number of halogens is 2. The highest BCUT2D eigenvalue weighted by molar-refractivity contribution is 9.11. The van der Waals surface area contributed by atoms with E-state index in [1.807, 2.05) is 6.07 Å². The minimum Gasteiger partial charge on any atom is -0.137 e. The van der Waals surface area contributed by atoms with Gasteiger partial charge in [-0.05, 0) is 40.5 Å². The molecule has 2 rings (SSSR count). The summed E-state index contributed by atoms with van der Waals surface area (Å²) in [5.74, 6) is 0. The van der Waals surface area contributed by atoms with Crippen LogP contribution in [0.3, 0.4) is 0 Å². The quantitative estimate of drug-likeness (QED) is 0.787. The van der Waals surface area contributed by atoms with E-state index in [1.54, 1.807) is 0 Å². The van der Waals surface area contributed by atoms with Crippen molar-refractivity contribution >= 4 is 43.2 Å². The second-order valence-corrected chi connectivity index (χ2v) is 5.99. The van der Waals surface area contributed by atoms with E-state index in [4.69, 9.17) is 0 Å². The highest BCUT2D eigenvalue weighted by Gasteiger charge is 2.07. The maximum absolute atomic E-state index is 4.09. The summed E-state index contributed by atoms with van der Waals surface area (Å²) in [6.07, 6.45) is 0. The van der Waals surface area contributed by atoms with Crippen molar-refractivity contribution in [3.05, 3.63) is 32.2 Å². The van der Waals surface area contributed by atoms with Crippen molar-refractivity contribution in [2.45, 2.75) is 6.92 Å². The van der Waals surface area contributed by atoms with Crippen LogP contribution in [0.5, 0.6) is 0 Å². The van der Waals surface area contributed by atoms with Crippen molar-refractivity contribution in [3.63, 3.8) is 0 Å². The maximum Gasteiger partial charge on any atom is 0.183 e. The lowest BCUT2D eigenvalue weighted by atomic mass is 10.1. The van der Waals surface area contributed by atoms with Crippen LogP contribution in [0.15, 0.2) is 26.6 Å². The second kappa shape index (κ2) is 4.08. The lowest BCUT2D eigenvalue weighted by molar-refractivity contribution is 1.07. The second-order valence-electron chi connectivity index (χ2n) is 2.82. The van der Waals surface area contributed by atoms with Gasteiger partial charge >= 0.3 is 0 Å². The fourth-order valence-corrected chi connectivity index (χ4v) is 2.69. The first kappa shape index (κ1) is 10.3. The first-order valence-corrected chi connectivity index (χ1v) is 6.32. The third kappa shape index (κ3) is 2.04. The van der Waals surface area contributed by atoms with E-state index in [9.17, 15) is 0 Å². The largest absolute Gasteiger partial charge is 0.183 e. The Kier molecular flexibility index (Phi) is 2.99. The van der Waals surface area contributed by atoms with Crippen LogP contribution in [-0.4, -0.2) is 10.2 Å². The summed E-state index contributed by atoms with van der Waals surface area (Å²) < 4.78 is 1.87. The predicted molar refractivity (Wildman–Crippen MR) is 65.5 cm³/mol. The first-order valence-electron chi connectivity index (χ1n) is 3.92. The third-order valence-corrected chi connectivity index (χ3v) is 3.71. The number of benzene rings is 1. The van der Waals surface area contributed by atoms with Crippen LogP contribution in [-0.2, 0) is 0 Å². The van der Waals surface area contributed by atoms with Gasteiger partial charge in [0.25, 0.3) is 0 Å². The molecule has 0 aliphatic carbocycles. The van der Waals surface area contributed by atoms with Gasteiger partial charge in [0.2, 0.25) is 0 Å². The third-order valence-electron chi connectivity index (χ3n) is 1.83. The van der Waals surface area contributed by atoms with Crippen LogP contribution in [0.1, 0.15) is 5.56 Å². The number of hydrogen-bond acceptors (Lipinski definition) is 3. The van der Waals surface area contributed by atoms with Gasteiger partial charge in [0.05, 0.1) is 0 Å². The van der Waals surface area contributed by atoms with Gasteiger partial charge in [0.15, 0.2) is 3.92 Å². The van der Waals surface area contributed by atoms with E-state index in [1.165, 1.54) is 16.9 Å².